The van der Waals surface area contributed by atoms with E-state index in [1.54, 1.807) is 0 Å². The van der Waals surface area contributed by atoms with E-state index < -0.39 is 5.97 Å². The number of ether oxygens (including phenoxy) is 3. The van der Waals surface area contributed by atoms with Crippen molar-refractivity contribution in [3.8, 4) is 0 Å². The summed E-state index contributed by atoms with van der Waals surface area (Å²) >= 11 is 0.659. The van der Waals surface area contributed by atoms with Crippen LogP contribution in [0, 0.1) is 0 Å². The molecule has 0 radical (unpaired) electrons. The maximum absolute atomic E-state index is 5.86. The van der Waals surface area contributed by atoms with E-state index >= 15 is 0 Å². The van der Waals surface area contributed by atoms with Gasteiger partial charge in [-0.1, -0.05) is 0 Å². The summed E-state index contributed by atoms with van der Waals surface area (Å²) in [7, 11) is 0. The molecule has 5 heteroatoms. The first-order chi connectivity index (χ1) is 9.24. The number of hydrogen-bond acceptors (Lipinski definition) is 4. The number of hydrogen-bond donors (Lipinski definition) is 0. The first-order valence-corrected chi connectivity index (χ1v) is 8.91. The molecule has 0 aromatic carbocycles. The van der Waals surface area contributed by atoms with E-state index in [0.29, 0.717) is 51.2 Å². The molecule has 0 atom stereocenters. The van der Waals surface area contributed by atoms with Gasteiger partial charge in [-0.3, -0.25) is 0 Å². The first kappa shape index (κ1) is 19.7. The average Bonchev–Trinajstić information content (AvgIpc) is 2.40. The molecular formula is C14H29HfO4. The molecule has 0 aliphatic carbocycles. The van der Waals surface area contributed by atoms with Crippen molar-refractivity contribution < 1.29 is 41.9 Å². The quantitative estimate of drug-likeness (QED) is 0.235. The zero-order valence-corrected chi connectivity index (χ0v) is 16.3. The van der Waals surface area contributed by atoms with Crippen LogP contribution in [0.4, 0.5) is 0 Å². The van der Waals surface area contributed by atoms with Crippen molar-refractivity contribution in [1.29, 1.82) is 0 Å². The van der Waals surface area contributed by atoms with Crippen LogP contribution in [-0.2, 0) is 41.9 Å². The molecule has 0 amide bonds. The predicted molar refractivity (Wildman–Crippen MR) is 71.3 cm³/mol. The van der Waals surface area contributed by atoms with Crippen LogP contribution >= 0.6 is 0 Å². The van der Waals surface area contributed by atoms with Gasteiger partial charge in [-0.05, 0) is 0 Å². The minimum atomic E-state index is -0.985. The second kappa shape index (κ2) is 13.7. The van der Waals surface area contributed by atoms with Gasteiger partial charge in [0.2, 0.25) is 0 Å². The molecule has 0 fully saturated rings. The summed E-state index contributed by atoms with van der Waals surface area (Å²) in [6, 6.07) is 0. The molecule has 0 aromatic heterocycles. The van der Waals surface area contributed by atoms with Gasteiger partial charge in [0.1, 0.15) is 0 Å². The van der Waals surface area contributed by atoms with Crippen LogP contribution in [0.2, 0.25) is 0 Å². The first-order valence-electron chi connectivity index (χ1n) is 7.45. The van der Waals surface area contributed by atoms with E-state index in [9.17, 15) is 0 Å². The second-order valence-electron chi connectivity index (χ2n) is 4.58. The molecule has 0 unspecified atom stereocenters. The summed E-state index contributed by atoms with van der Waals surface area (Å²) in [5.41, 5.74) is 0. The molecule has 113 valence electrons. The Morgan fingerprint density at radius 3 is 1.37 bits per heavy atom. The van der Waals surface area contributed by atoms with Crippen LogP contribution in [0.5, 0.6) is 0 Å². The SMILES string of the molecule is CCCCOC(C[O][Hf])(OCCCC)OCCCC. The van der Waals surface area contributed by atoms with E-state index in [0.717, 1.165) is 38.5 Å². The maximum atomic E-state index is 5.86. The van der Waals surface area contributed by atoms with Crippen LogP contribution in [0.1, 0.15) is 59.3 Å². The molecule has 0 aliphatic heterocycles. The van der Waals surface area contributed by atoms with Gasteiger partial charge in [0.05, 0.1) is 0 Å². The molecule has 0 rings (SSSR count). The van der Waals surface area contributed by atoms with Crippen LogP contribution in [0.15, 0.2) is 0 Å². The van der Waals surface area contributed by atoms with E-state index in [1.165, 1.54) is 0 Å². The molecular weight excluding hydrogens is 411 g/mol. The summed E-state index contributed by atoms with van der Waals surface area (Å²) in [4.78, 5) is 0. The third-order valence-corrected chi connectivity index (χ3v) is 3.23. The van der Waals surface area contributed by atoms with Crippen molar-refractivity contribution in [3.63, 3.8) is 0 Å². The zero-order valence-electron chi connectivity index (χ0n) is 12.7. The Morgan fingerprint density at radius 2 is 1.11 bits per heavy atom. The van der Waals surface area contributed by atoms with Gasteiger partial charge in [0.15, 0.2) is 0 Å². The van der Waals surface area contributed by atoms with Crippen molar-refractivity contribution in [1.82, 2.24) is 0 Å². The summed E-state index contributed by atoms with van der Waals surface area (Å²) in [5.74, 6) is -0.985. The number of rotatable bonds is 14. The topological polar surface area (TPSA) is 36.9 Å². The van der Waals surface area contributed by atoms with E-state index in [1.807, 2.05) is 0 Å². The summed E-state index contributed by atoms with van der Waals surface area (Å²) in [6.07, 6.45) is 6.33. The van der Waals surface area contributed by atoms with E-state index in [4.69, 9.17) is 17.1 Å². The fraction of sp³-hybridized carbons (Fsp3) is 1.00. The Bertz CT molecular complexity index is 164. The Balaban J connectivity index is 4.37. The Labute approximate surface area is 133 Å². The third kappa shape index (κ3) is 10.1. The molecule has 4 nitrogen and oxygen atoms in total. The number of unbranched alkanes of at least 4 members (excludes halogenated alkanes) is 3. The molecule has 0 saturated heterocycles. The monoisotopic (exact) mass is 441 g/mol. The normalized spacial score (nSPS) is 11.9. The van der Waals surface area contributed by atoms with Crippen molar-refractivity contribution in [2.45, 2.75) is 65.3 Å². The van der Waals surface area contributed by atoms with Crippen molar-refractivity contribution in [2.24, 2.45) is 0 Å². The third-order valence-electron chi connectivity index (χ3n) is 2.71. The van der Waals surface area contributed by atoms with Gasteiger partial charge in [0, 0.05) is 0 Å². The molecule has 19 heavy (non-hydrogen) atoms. The van der Waals surface area contributed by atoms with Crippen LogP contribution < -0.4 is 0 Å². The van der Waals surface area contributed by atoms with Gasteiger partial charge in [-0.2, -0.15) is 0 Å². The van der Waals surface area contributed by atoms with E-state index in [-0.39, 0.29) is 0 Å². The fourth-order valence-corrected chi connectivity index (χ4v) is 2.09. The molecule has 0 aliphatic rings. The zero-order chi connectivity index (χ0) is 14.4. The van der Waals surface area contributed by atoms with Gasteiger partial charge < -0.3 is 0 Å². The molecule has 0 saturated carbocycles. The van der Waals surface area contributed by atoms with Crippen molar-refractivity contribution >= 4 is 0 Å². The molecule has 0 N–H and O–H groups in total. The summed E-state index contributed by atoms with van der Waals surface area (Å²) in [5, 5.41) is 0. The van der Waals surface area contributed by atoms with Gasteiger partial charge >= 0.3 is 134 Å². The van der Waals surface area contributed by atoms with Crippen molar-refractivity contribution in [3.05, 3.63) is 0 Å². The molecule has 0 spiro atoms. The standard InChI is InChI=1S/C14H29O4.Hf/c1-4-7-10-16-14(13-15,17-11-8-5-2)18-12-9-6-3;/h4-13H2,1-3H3;/q-1;+1. The van der Waals surface area contributed by atoms with Crippen LogP contribution in [0.25, 0.3) is 0 Å². The predicted octanol–water partition coefficient (Wildman–Crippen LogP) is 3.57. The van der Waals surface area contributed by atoms with E-state index in [2.05, 4.69) is 20.8 Å². The summed E-state index contributed by atoms with van der Waals surface area (Å²) in [6.45, 7) is 8.76. The minimum absolute atomic E-state index is 0.371. The Kier molecular flexibility index (Phi) is 14.2. The molecule has 0 aromatic rings. The Hall–Kier alpha value is 0.710. The summed E-state index contributed by atoms with van der Waals surface area (Å²) < 4.78 is 22.9. The van der Waals surface area contributed by atoms with Crippen LogP contribution in [0.3, 0.4) is 0 Å². The van der Waals surface area contributed by atoms with Gasteiger partial charge in [-0.25, -0.2) is 0 Å². The van der Waals surface area contributed by atoms with Crippen LogP contribution in [-0.4, -0.2) is 32.4 Å². The fourth-order valence-electron chi connectivity index (χ4n) is 1.45. The molecule has 0 bridgehead atoms. The Morgan fingerprint density at radius 1 is 0.737 bits per heavy atom. The second-order valence-corrected chi connectivity index (χ2v) is 5.61. The average molecular weight is 440 g/mol. The van der Waals surface area contributed by atoms with Gasteiger partial charge in [0.25, 0.3) is 0 Å². The molecule has 0 heterocycles. The van der Waals surface area contributed by atoms with Crippen molar-refractivity contribution in [2.75, 3.05) is 26.4 Å². The van der Waals surface area contributed by atoms with Gasteiger partial charge in [-0.15, -0.1) is 0 Å².